The molecule has 0 saturated heterocycles. The summed E-state index contributed by atoms with van der Waals surface area (Å²) in [4.78, 5) is 2.05. The lowest BCUT2D eigenvalue weighted by atomic mass is 10.4. The lowest BCUT2D eigenvalue weighted by molar-refractivity contribution is 0.254. The van der Waals surface area contributed by atoms with Gasteiger partial charge in [0.1, 0.15) is 12.3 Å². The van der Waals surface area contributed by atoms with Gasteiger partial charge in [-0.15, -0.1) is 5.10 Å². The molecule has 0 aliphatic rings. The zero-order chi connectivity index (χ0) is 13.5. The first-order valence-electron chi connectivity index (χ1n) is 5.36. The van der Waals surface area contributed by atoms with Gasteiger partial charge in [-0.05, 0) is 26.2 Å². The molecule has 100 valence electrons. The molecule has 0 aromatic carbocycles. The van der Waals surface area contributed by atoms with Gasteiger partial charge < -0.3 is 15.4 Å². The van der Waals surface area contributed by atoms with E-state index in [-0.39, 0.29) is 0 Å². The van der Waals surface area contributed by atoms with Crippen LogP contribution < -0.4 is 10.5 Å². The number of pyridine rings is 1. The van der Waals surface area contributed by atoms with Crippen LogP contribution in [0.4, 0.5) is 5.69 Å². The Hall–Kier alpha value is -1.50. The molecule has 0 spiro atoms. The van der Waals surface area contributed by atoms with Crippen LogP contribution in [0.15, 0.2) is 24.4 Å². The van der Waals surface area contributed by atoms with Crippen LogP contribution in [-0.4, -0.2) is 46.4 Å². The zero-order valence-corrected chi connectivity index (χ0v) is 11.1. The number of nitrogens with zero attached hydrogens (tertiary/aromatic N) is 3. The Bertz CT molecular complexity index is 487. The molecule has 2 aromatic heterocycles. The summed E-state index contributed by atoms with van der Waals surface area (Å²) in [5.41, 5.74) is 7.41. The quantitative estimate of drug-likeness (QED) is 0.868. The molecule has 2 aromatic rings. The standard InChI is InChI=1S/C11H16N4O.ClHO/c1-14(2)7-8-16-11-10(12)9-5-3-4-6-15(9)13-11;1-2/h3-6H,7-8,12H2,1-2H3;2H. The fraction of sp³-hybridized carbons (Fsp3) is 0.364. The molecule has 2 heterocycles. The largest absolute Gasteiger partial charge is 0.474 e. The Morgan fingerprint density at radius 1 is 1.44 bits per heavy atom. The summed E-state index contributed by atoms with van der Waals surface area (Å²) in [6.45, 7) is 1.42. The number of nitrogens with two attached hydrogens (primary N) is 1. The Labute approximate surface area is 111 Å². The molecule has 3 N–H and O–H groups in total. The van der Waals surface area contributed by atoms with Crippen molar-refractivity contribution in [3.05, 3.63) is 24.4 Å². The normalized spacial score (nSPS) is 10.3. The number of likely N-dealkylation sites (N-methyl/N-ethyl adjacent to an activating group) is 1. The maximum absolute atomic E-state index is 6.47. The number of hydrogen-bond acceptors (Lipinski definition) is 5. The molecular formula is C11H17ClN4O2. The monoisotopic (exact) mass is 272 g/mol. The van der Waals surface area contributed by atoms with Gasteiger partial charge in [0.25, 0.3) is 5.88 Å². The van der Waals surface area contributed by atoms with Crippen molar-refractivity contribution in [3.63, 3.8) is 0 Å². The van der Waals surface area contributed by atoms with Crippen LogP contribution in [0, 0.1) is 0 Å². The molecule has 18 heavy (non-hydrogen) atoms. The Balaban J connectivity index is 0.000000771. The van der Waals surface area contributed by atoms with Gasteiger partial charge >= 0.3 is 0 Å². The van der Waals surface area contributed by atoms with Crippen LogP contribution in [0.1, 0.15) is 0 Å². The fourth-order valence-electron chi connectivity index (χ4n) is 1.43. The Morgan fingerprint density at radius 3 is 2.78 bits per heavy atom. The first-order valence-corrected chi connectivity index (χ1v) is 5.69. The lowest BCUT2D eigenvalue weighted by Crippen LogP contribution is -2.19. The highest BCUT2D eigenvalue weighted by molar-refractivity contribution is 6.04. The molecule has 0 aliphatic carbocycles. The highest BCUT2D eigenvalue weighted by Crippen LogP contribution is 2.24. The van der Waals surface area contributed by atoms with E-state index in [1.165, 1.54) is 0 Å². The van der Waals surface area contributed by atoms with Gasteiger partial charge in [-0.25, -0.2) is 4.52 Å². The maximum atomic E-state index is 6.47. The lowest BCUT2D eigenvalue weighted by Gasteiger charge is -2.09. The van der Waals surface area contributed by atoms with Crippen LogP contribution in [0.25, 0.3) is 5.52 Å². The highest BCUT2D eigenvalue weighted by atomic mass is 35.5. The smallest absolute Gasteiger partial charge is 0.257 e. The summed E-state index contributed by atoms with van der Waals surface area (Å²) >= 11 is 3.64. The molecule has 7 heteroatoms. The first-order chi connectivity index (χ1) is 8.68. The molecule has 0 unspecified atom stereocenters. The number of fused-ring (bicyclic) bond motifs is 1. The van der Waals surface area contributed by atoms with Crippen LogP contribution in [0.3, 0.4) is 0 Å². The number of nitrogen functional groups attached to an aromatic ring is 1. The predicted molar refractivity (Wildman–Crippen MR) is 71.7 cm³/mol. The van der Waals surface area contributed by atoms with Crippen LogP contribution >= 0.6 is 11.9 Å². The number of ether oxygens (including phenoxy) is 1. The second kappa shape index (κ2) is 7.05. The molecule has 6 nitrogen and oxygen atoms in total. The number of hydrogen-bond donors (Lipinski definition) is 2. The fourth-order valence-corrected chi connectivity index (χ4v) is 1.43. The average Bonchev–Trinajstić information content (AvgIpc) is 2.69. The maximum Gasteiger partial charge on any atom is 0.257 e. The topological polar surface area (TPSA) is 76.0 Å². The van der Waals surface area contributed by atoms with Gasteiger partial charge in [0, 0.05) is 12.7 Å². The third-order valence-electron chi connectivity index (χ3n) is 2.32. The van der Waals surface area contributed by atoms with Crippen molar-refractivity contribution in [3.8, 4) is 5.88 Å². The van der Waals surface area contributed by atoms with E-state index in [9.17, 15) is 0 Å². The van der Waals surface area contributed by atoms with E-state index in [0.717, 1.165) is 12.1 Å². The van der Waals surface area contributed by atoms with Crippen LogP contribution in [0.5, 0.6) is 5.88 Å². The summed E-state index contributed by atoms with van der Waals surface area (Å²) in [5, 5.41) is 4.26. The highest BCUT2D eigenvalue weighted by Gasteiger charge is 2.09. The summed E-state index contributed by atoms with van der Waals surface area (Å²) in [5.74, 6) is 0.507. The van der Waals surface area contributed by atoms with E-state index in [4.69, 9.17) is 15.1 Å². The van der Waals surface area contributed by atoms with Crippen molar-refractivity contribution in [2.24, 2.45) is 0 Å². The van der Waals surface area contributed by atoms with E-state index in [0.29, 0.717) is 18.2 Å². The van der Waals surface area contributed by atoms with Gasteiger partial charge in [-0.3, -0.25) is 4.66 Å². The van der Waals surface area contributed by atoms with E-state index in [2.05, 4.69) is 17.0 Å². The molecule has 0 radical (unpaired) electrons. The summed E-state index contributed by atoms with van der Waals surface area (Å²) in [6.07, 6.45) is 1.85. The molecule has 0 fully saturated rings. The van der Waals surface area contributed by atoms with Crippen LogP contribution in [-0.2, 0) is 0 Å². The molecule has 2 rings (SSSR count). The molecule has 0 atom stereocenters. The van der Waals surface area contributed by atoms with Crippen molar-refractivity contribution in [1.29, 1.82) is 0 Å². The van der Waals surface area contributed by atoms with Crippen molar-refractivity contribution in [2.45, 2.75) is 0 Å². The summed E-state index contributed by atoms with van der Waals surface area (Å²) < 4.78 is 13.7. The zero-order valence-electron chi connectivity index (χ0n) is 10.4. The first kappa shape index (κ1) is 14.6. The van der Waals surface area contributed by atoms with E-state index in [1.807, 2.05) is 43.4 Å². The molecule has 0 bridgehead atoms. The van der Waals surface area contributed by atoms with Crippen LogP contribution in [0.2, 0.25) is 0 Å². The Morgan fingerprint density at radius 2 is 2.17 bits per heavy atom. The van der Waals surface area contributed by atoms with E-state index in [1.54, 1.807) is 4.52 Å². The van der Waals surface area contributed by atoms with Gasteiger partial charge in [-0.1, -0.05) is 6.07 Å². The molecular weight excluding hydrogens is 256 g/mol. The van der Waals surface area contributed by atoms with Gasteiger partial charge in [0.15, 0.2) is 0 Å². The second-order valence-electron chi connectivity index (χ2n) is 3.90. The predicted octanol–water partition coefficient (Wildman–Crippen LogP) is 0.989. The van der Waals surface area contributed by atoms with E-state index >= 15 is 0 Å². The summed E-state index contributed by atoms with van der Waals surface area (Å²) in [6, 6.07) is 5.75. The number of aromatic nitrogens is 2. The van der Waals surface area contributed by atoms with E-state index < -0.39 is 0 Å². The molecule has 0 saturated carbocycles. The van der Waals surface area contributed by atoms with Gasteiger partial charge in [-0.2, -0.15) is 0 Å². The summed E-state index contributed by atoms with van der Waals surface area (Å²) in [7, 11) is 3.99. The third kappa shape index (κ3) is 3.49. The molecule has 0 amide bonds. The minimum atomic E-state index is 0.507. The Kier molecular flexibility index (Phi) is 5.70. The van der Waals surface area contributed by atoms with Crippen molar-refractivity contribution < 1.29 is 9.40 Å². The SMILES string of the molecule is CN(C)CCOc1nn2ccccc2c1N.OCl. The minimum Gasteiger partial charge on any atom is -0.474 e. The average molecular weight is 273 g/mol. The van der Waals surface area contributed by atoms with Crippen molar-refractivity contribution in [2.75, 3.05) is 33.0 Å². The van der Waals surface area contributed by atoms with Crippen molar-refractivity contribution in [1.82, 2.24) is 14.5 Å². The second-order valence-corrected chi connectivity index (χ2v) is 3.90. The minimum absolute atomic E-state index is 0.507. The van der Waals surface area contributed by atoms with Gasteiger partial charge in [0.05, 0.1) is 17.4 Å². The number of halogens is 1. The van der Waals surface area contributed by atoms with Gasteiger partial charge in [0.2, 0.25) is 0 Å². The number of anilines is 1. The third-order valence-corrected chi connectivity index (χ3v) is 2.32. The van der Waals surface area contributed by atoms with Crippen molar-refractivity contribution >= 4 is 23.1 Å². The molecule has 0 aliphatic heterocycles. The number of rotatable bonds is 4.